The van der Waals surface area contributed by atoms with Gasteiger partial charge in [0.15, 0.2) is 0 Å². The van der Waals surface area contributed by atoms with Gasteiger partial charge in [0.2, 0.25) is 0 Å². The number of hydrogen-bond donors (Lipinski definition) is 3. The molecular formula is C16H19N3O4. The van der Waals surface area contributed by atoms with Crippen molar-refractivity contribution in [1.82, 2.24) is 10.6 Å². The number of hydrogen-bond acceptors (Lipinski definition) is 5. The molecule has 7 nitrogen and oxygen atoms in total. The van der Waals surface area contributed by atoms with Crippen molar-refractivity contribution < 1.29 is 18.7 Å². The highest BCUT2D eigenvalue weighted by atomic mass is 16.5. The van der Waals surface area contributed by atoms with Crippen LogP contribution in [0.1, 0.15) is 26.5 Å². The van der Waals surface area contributed by atoms with Crippen LogP contribution in [0.3, 0.4) is 0 Å². The third kappa shape index (κ3) is 4.58. The number of rotatable bonds is 7. The van der Waals surface area contributed by atoms with E-state index in [9.17, 15) is 9.59 Å². The topological polar surface area (TPSA) is 107 Å². The van der Waals surface area contributed by atoms with Gasteiger partial charge in [-0.25, -0.2) is 0 Å². The molecule has 0 atom stereocenters. The Morgan fingerprint density at radius 1 is 1.09 bits per heavy atom. The lowest BCUT2D eigenvalue weighted by atomic mass is 10.2. The lowest BCUT2D eigenvalue weighted by Gasteiger charge is -2.07. The van der Waals surface area contributed by atoms with Crippen LogP contribution in [-0.2, 0) is 6.54 Å². The van der Waals surface area contributed by atoms with Gasteiger partial charge in [0.1, 0.15) is 17.8 Å². The highest BCUT2D eigenvalue weighted by Crippen LogP contribution is 2.11. The van der Waals surface area contributed by atoms with Gasteiger partial charge in [-0.05, 0) is 30.3 Å². The van der Waals surface area contributed by atoms with E-state index in [1.54, 1.807) is 37.4 Å². The van der Waals surface area contributed by atoms with Crippen LogP contribution in [0.2, 0.25) is 0 Å². The molecule has 2 rings (SSSR count). The summed E-state index contributed by atoms with van der Waals surface area (Å²) in [5, 5.41) is 5.41. The Morgan fingerprint density at radius 3 is 2.22 bits per heavy atom. The van der Waals surface area contributed by atoms with Gasteiger partial charge >= 0.3 is 0 Å². The Morgan fingerprint density at radius 2 is 1.70 bits per heavy atom. The number of benzene rings is 1. The molecule has 0 aliphatic carbocycles. The number of furan rings is 1. The minimum absolute atomic E-state index is 0.212. The Labute approximate surface area is 133 Å². The summed E-state index contributed by atoms with van der Waals surface area (Å²) in [6.45, 7) is 0.868. The van der Waals surface area contributed by atoms with Crippen molar-refractivity contribution in [2.75, 3.05) is 20.2 Å². The van der Waals surface area contributed by atoms with Crippen molar-refractivity contribution in [3.63, 3.8) is 0 Å². The van der Waals surface area contributed by atoms with Crippen molar-refractivity contribution in [2.45, 2.75) is 6.54 Å². The zero-order valence-corrected chi connectivity index (χ0v) is 12.8. The maximum absolute atomic E-state index is 11.9. The van der Waals surface area contributed by atoms with E-state index in [2.05, 4.69) is 10.6 Å². The van der Waals surface area contributed by atoms with Crippen molar-refractivity contribution in [3.05, 3.63) is 53.5 Å². The summed E-state index contributed by atoms with van der Waals surface area (Å²) in [5.74, 6) is 0.747. The first-order valence-corrected chi connectivity index (χ1v) is 7.12. The van der Waals surface area contributed by atoms with E-state index in [0.717, 1.165) is 0 Å². The Balaban J connectivity index is 1.73. The molecule has 4 N–H and O–H groups in total. The molecule has 0 saturated carbocycles. The standard InChI is InChI=1S/C16H19N3O4/c1-22-13-4-2-11(3-5-13)15(20)18-6-7-19-16(21)12-8-14(9-17)23-10-12/h2-5,8,10H,6-7,9,17H2,1H3,(H,18,20)(H,19,21). The highest BCUT2D eigenvalue weighted by molar-refractivity contribution is 5.95. The van der Waals surface area contributed by atoms with E-state index >= 15 is 0 Å². The van der Waals surface area contributed by atoms with Gasteiger partial charge in [0.05, 0.1) is 19.2 Å². The van der Waals surface area contributed by atoms with Gasteiger partial charge in [-0.3, -0.25) is 9.59 Å². The largest absolute Gasteiger partial charge is 0.497 e. The molecule has 2 amide bonds. The van der Waals surface area contributed by atoms with Gasteiger partial charge in [0, 0.05) is 18.7 Å². The van der Waals surface area contributed by atoms with E-state index in [0.29, 0.717) is 35.7 Å². The van der Waals surface area contributed by atoms with Gasteiger partial charge < -0.3 is 25.5 Å². The molecule has 0 unspecified atom stereocenters. The van der Waals surface area contributed by atoms with Crippen molar-refractivity contribution in [2.24, 2.45) is 5.73 Å². The molecule has 0 aliphatic rings. The molecule has 0 radical (unpaired) electrons. The second-order valence-corrected chi connectivity index (χ2v) is 4.75. The van der Waals surface area contributed by atoms with Crippen LogP contribution in [-0.4, -0.2) is 32.0 Å². The molecule has 2 aromatic rings. The van der Waals surface area contributed by atoms with Gasteiger partial charge in [-0.1, -0.05) is 0 Å². The molecule has 0 fully saturated rings. The Hall–Kier alpha value is -2.80. The normalized spacial score (nSPS) is 10.2. The van der Waals surface area contributed by atoms with Crippen LogP contribution in [0, 0.1) is 0 Å². The minimum Gasteiger partial charge on any atom is -0.497 e. The summed E-state index contributed by atoms with van der Waals surface area (Å²) >= 11 is 0. The molecule has 1 aromatic carbocycles. The molecule has 0 spiro atoms. The first-order chi connectivity index (χ1) is 11.1. The predicted molar refractivity (Wildman–Crippen MR) is 84.3 cm³/mol. The van der Waals surface area contributed by atoms with Gasteiger partial charge in [0.25, 0.3) is 11.8 Å². The van der Waals surface area contributed by atoms with Crippen molar-refractivity contribution >= 4 is 11.8 Å². The van der Waals surface area contributed by atoms with Crippen LogP contribution < -0.4 is 21.1 Å². The molecule has 7 heteroatoms. The molecule has 122 valence electrons. The number of carbonyl (C=O) groups excluding carboxylic acids is 2. The molecule has 0 aliphatic heterocycles. The Kier molecular flexibility index (Phi) is 5.76. The van der Waals surface area contributed by atoms with E-state index in [4.69, 9.17) is 14.9 Å². The van der Waals surface area contributed by atoms with Crippen molar-refractivity contribution in [1.29, 1.82) is 0 Å². The van der Waals surface area contributed by atoms with Gasteiger partial charge in [-0.2, -0.15) is 0 Å². The molecule has 0 bridgehead atoms. The highest BCUT2D eigenvalue weighted by Gasteiger charge is 2.09. The fraction of sp³-hybridized carbons (Fsp3) is 0.250. The van der Waals surface area contributed by atoms with E-state index in [1.807, 2.05) is 0 Å². The number of nitrogens with two attached hydrogens (primary N) is 1. The average Bonchev–Trinajstić information content (AvgIpc) is 3.07. The number of nitrogens with one attached hydrogen (secondary N) is 2. The summed E-state index contributed by atoms with van der Waals surface area (Å²) in [6, 6.07) is 8.36. The van der Waals surface area contributed by atoms with Crippen LogP contribution in [0.5, 0.6) is 5.75 Å². The fourth-order valence-corrected chi connectivity index (χ4v) is 1.91. The lowest BCUT2D eigenvalue weighted by molar-refractivity contribution is 0.0927. The molecule has 23 heavy (non-hydrogen) atoms. The first-order valence-electron chi connectivity index (χ1n) is 7.12. The molecular weight excluding hydrogens is 298 g/mol. The van der Waals surface area contributed by atoms with Crippen LogP contribution in [0.4, 0.5) is 0 Å². The maximum Gasteiger partial charge on any atom is 0.254 e. The quantitative estimate of drug-likeness (QED) is 0.658. The van der Waals surface area contributed by atoms with Crippen molar-refractivity contribution in [3.8, 4) is 5.75 Å². The summed E-state index contributed by atoms with van der Waals surface area (Å²) in [7, 11) is 1.56. The van der Waals surface area contributed by atoms with E-state index < -0.39 is 0 Å². The molecule has 1 aromatic heterocycles. The number of methoxy groups -OCH3 is 1. The van der Waals surface area contributed by atoms with Crippen LogP contribution in [0.25, 0.3) is 0 Å². The zero-order valence-electron chi connectivity index (χ0n) is 12.8. The minimum atomic E-state index is -0.271. The molecule has 1 heterocycles. The maximum atomic E-state index is 11.9. The predicted octanol–water partition coefficient (Wildman–Crippen LogP) is 0.907. The summed E-state index contributed by atoms with van der Waals surface area (Å²) in [5.41, 5.74) is 6.35. The second-order valence-electron chi connectivity index (χ2n) is 4.75. The zero-order chi connectivity index (χ0) is 16.7. The summed E-state index contributed by atoms with van der Waals surface area (Å²) < 4.78 is 10.1. The summed E-state index contributed by atoms with van der Waals surface area (Å²) in [6.07, 6.45) is 1.35. The smallest absolute Gasteiger partial charge is 0.254 e. The monoisotopic (exact) mass is 317 g/mol. The summed E-state index contributed by atoms with van der Waals surface area (Å²) in [4.78, 5) is 23.7. The first kappa shape index (κ1) is 16.6. The fourth-order valence-electron chi connectivity index (χ4n) is 1.91. The second kappa shape index (κ2) is 8.00. The van der Waals surface area contributed by atoms with E-state index in [1.165, 1.54) is 6.26 Å². The Bertz CT molecular complexity index is 664. The third-order valence-electron chi connectivity index (χ3n) is 3.17. The van der Waals surface area contributed by atoms with E-state index in [-0.39, 0.29) is 18.4 Å². The van der Waals surface area contributed by atoms with Crippen LogP contribution >= 0.6 is 0 Å². The van der Waals surface area contributed by atoms with Gasteiger partial charge in [-0.15, -0.1) is 0 Å². The number of carbonyl (C=O) groups is 2. The third-order valence-corrected chi connectivity index (χ3v) is 3.17. The number of ether oxygens (including phenoxy) is 1. The lowest BCUT2D eigenvalue weighted by Crippen LogP contribution is -2.34. The average molecular weight is 317 g/mol. The SMILES string of the molecule is COc1ccc(C(=O)NCCNC(=O)c2coc(CN)c2)cc1. The number of amides is 2. The van der Waals surface area contributed by atoms with Crippen LogP contribution in [0.15, 0.2) is 41.0 Å². The molecule has 0 saturated heterocycles.